The van der Waals surface area contributed by atoms with E-state index in [1.807, 2.05) is 42.5 Å². The summed E-state index contributed by atoms with van der Waals surface area (Å²) in [6, 6.07) is 3.93. The van der Waals surface area contributed by atoms with Crippen molar-refractivity contribution < 1.29 is 11.0 Å². The lowest BCUT2D eigenvalue weighted by atomic mass is 9.88. The highest BCUT2D eigenvalue weighted by Gasteiger charge is 2.42. The van der Waals surface area contributed by atoms with Crippen molar-refractivity contribution in [3.05, 3.63) is 82.0 Å². The molecule has 30 heavy (non-hydrogen) atoms. The highest BCUT2D eigenvalue weighted by molar-refractivity contribution is 6.20. The number of aromatic amines is 1. The molecule has 2 atom stereocenters. The second kappa shape index (κ2) is 6.62. The monoisotopic (exact) mass is 397 g/mol. The summed E-state index contributed by atoms with van der Waals surface area (Å²) in [5, 5.41) is 4.97. The Labute approximate surface area is 174 Å². The lowest BCUT2D eigenvalue weighted by Gasteiger charge is -2.24. The zero-order valence-electron chi connectivity index (χ0n) is 17.6. The van der Waals surface area contributed by atoms with E-state index in [4.69, 9.17) is 1.37 Å². The average molecular weight is 397 g/mol. The number of ketones is 2. The predicted octanol–water partition coefficient (Wildman–Crippen LogP) is 1.54. The lowest BCUT2D eigenvalue weighted by molar-refractivity contribution is -0.121. The largest absolute Gasteiger partial charge is 0.369 e. The van der Waals surface area contributed by atoms with Crippen LogP contribution in [0.15, 0.2) is 81.2 Å². The van der Waals surface area contributed by atoms with E-state index in [1.165, 1.54) is 13.8 Å². The van der Waals surface area contributed by atoms with E-state index in [2.05, 4.69) is 20.3 Å². The zero-order chi connectivity index (χ0) is 21.8. The molecular formula is C24H20N4O2. The standard InChI is InChI=1S/C24H20N4O2/c1-14(29)22-13-24(15(2)30)12-21-8-7-19(27-21)10-17-4-3-16(25-17)9-18-5-6-20(26-18)11-23(22)28-24/h3-12,25,28H,13H2,1-2H3/i13D. The van der Waals surface area contributed by atoms with Crippen LogP contribution in [0.25, 0.3) is 12.2 Å². The molecule has 6 heteroatoms. The van der Waals surface area contributed by atoms with Crippen LogP contribution in [0.2, 0.25) is 0 Å². The SMILES string of the molecule is [2H]C1C(C(C)=O)=C2C=C3C=CC(=N3)C=c3ccc([nH]3)=CC3=NC(=CC1(C(C)=O)N2)C=C3. The van der Waals surface area contributed by atoms with Gasteiger partial charge in [-0.2, -0.15) is 0 Å². The molecule has 5 heterocycles. The van der Waals surface area contributed by atoms with Gasteiger partial charge in [0.25, 0.3) is 0 Å². The Bertz CT molecular complexity index is 1380. The summed E-state index contributed by atoms with van der Waals surface area (Å²) in [5.74, 6) is -0.516. The molecule has 1 aromatic heterocycles. The highest BCUT2D eigenvalue weighted by atomic mass is 16.1. The van der Waals surface area contributed by atoms with Crippen molar-refractivity contribution in [3.8, 4) is 0 Å². The Kier molecular flexibility index (Phi) is 3.77. The van der Waals surface area contributed by atoms with Crippen LogP contribution >= 0.6 is 0 Å². The van der Waals surface area contributed by atoms with Gasteiger partial charge < -0.3 is 10.3 Å². The number of carbonyl (C=O) groups excluding carboxylic acids is 2. The molecule has 8 bridgehead atoms. The summed E-state index contributed by atoms with van der Waals surface area (Å²) in [4.78, 5) is 37.7. The molecule has 0 spiro atoms. The van der Waals surface area contributed by atoms with Gasteiger partial charge in [0.15, 0.2) is 11.6 Å². The van der Waals surface area contributed by atoms with Crippen molar-refractivity contribution in [2.45, 2.75) is 25.8 Å². The normalized spacial score (nSPS) is 26.7. The van der Waals surface area contributed by atoms with E-state index >= 15 is 0 Å². The summed E-state index contributed by atoms with van der Waals surface area (Å²) in [6.07, 6.45) is 13.5. The molecule has 6 nitrogen and oxygen atoms in total. The first kappa shape index (κ1) is 17.1. The smallest absolute Gasteiger partial charge is 0.159 e. The Morgan fingerprint density at radius 3 is 2.23 bits per heavy atom. The molecule has 1 aromatic rings. The number of hydrogen-bond donors (Lipinski definition) is 2. The molecule has 4 aliphatic heterocycles. The maximum absolute atomic E-state index is 12.8. The molecule has 0 aliphatic carbocycles. The number of aliphatic imine (C=N–C) groups is 2. The van der Waals surface area contributed by atoms with E-state index < -0.39 is 11.9 Å². The fourth-order valence-electron chi connectivity index (χ4n) is 3.81. The number of fused-ring (bicyclic) bond motifs is 6. The number of hydrogen-bond acceptors (Lipinski definition) is 5. The van der Waals surface area contributed by atoms with E-state index in [0.717, 1.165) is 22.1 Å². The van der Waals surface area contributed by atoms with Crippen LogP contribution in [0, 0.1) is 0 Å². The Hall–Kier alpha value is -3.80. The first-order valence-corrected chi connectivity index (χ1v) is 9.67. The fourth-order valence-corrected chi connectivity index (χ4v) is 3.81. The van der Waals surface area contributed by atoms with Crippen LogP contribution in [0.4, 0.5) is 0 Å². The number of allylic oxidation sites excluding steroid dienone is 5. The van der Waals surface area contributed by atoms with Crippen molar-refractivity contribution in [3.63, 3.8) is 0 Å². The van der Waals surface area contributed by atoms with Gasteiger partial charge in [0.05, 0.1) is 22.8 Å². The Morgan fingerprint density at radius 2 is 1.60 bits per heavy atom. The van der Waals surface area contributed by atoms with Crippen molar-refractivity contribution in [1.82, 2.24) is 10.3 Å². The van der Waals surface area contributed by atoms with Crippen LogP contribution in [0.1, 0.15) is 21.6 Å². The number of aromatic nitrogens is 1. The third kappa shape index (κ3) is 3.16. The minimum absolute atomic E-state index is 0.255. The molecule has 0 radical (unpaired) electrons. The zero-order valence-corrected chi connectivity index (χ0v) is 16.6. The van der Waals surface area contributed by atoms with Gasteiger partial charge in [-0.15, -0.1) is 0 Å². The van der Waals surface area contributed by atoms with Gasteiger partial charge >= 0.3 is 0 Å². The van der Waals surface area contributed by atoms with Crippen molar-refractivity contribution in [2.24, 2.45) is 9.98 Å². The molecule has 2 N–H and O–H groups in total. The molecule has 0 saturated heterocycles. The van der Waals surface area contributed by atoms with Gasteiger partial charge in [0.2, 0.25) is 0 Å². The topological polar surface area (TPSA) is 86.7 Å². The number of rotatable bonds is 2. The number of nitrogens with one attached hydrogen (secondary N) is 2. The molecule has 0 amide bonds. The van der Waals surface area contributed by atoms with Crippen LogP contribution in [-0.4, -0.2) is 33.5 Å². The summed E-state index contributed by atoms with van der Waals surface area (Å²) in [6.45, 7) is 2.84. The average Bonchev–Trinajstić information content (AvgIpc) is 3.46. The quantitative estimate of drug-likeness (QED) is 0.794. The lowest BCUT2D eigenvalue weighted by Crippen LogP contribution is -2.45. The maximum atomic E-state index is 12.8. The summed E-state index contributed by atoms with van der Waals surface area (Å²) < 4.78 is 8.81. The van der Waals surface area contributed by atoms with Crippen LogP contribution in [0.5, 0.6) is 0 Å². The second-order valence-electron chi connectivity index (χ2n) is 7.61. The third-order valence-corrected chi connectivity index (χ3v) is 5.34. The van der Waals surface area contributed by atoms with Crippen LogP contribution in [-0.2, 0) is 9.59 Å². The van der Waals surface area contributed by atoms with Gasteiger partial charge in [0, 0.05) is 29.7 Å². The molecule has 2 unspecified atom stereocenters. The van der Waals surface area contributed by atoms with E-state index in [0.29, 0.717) is 17.1 Å². The number of nitrogens with zero attached hydrogens (tertiary/aromatic N) is 2. The minimum Gasteiger partial charge on any atom is -0.369 e. The van der Waals surface area contributed by atoms with Crippen molar-refractivity contribution in [2.75, 3.05) is 0 Å². The first-order chi connectivity index (χ1) is 14.8. The Morgan fingerprint density at radius 1 is 0.967 bits per heavy atom. The fraction of sp³-hybridized carbons (Fsp3) is 0.167. The maximum Gasteiger partial charge on any atom is 0.159 e. The summed E-state index contributed by atoms with van der Waals surface area (Å²) in [7, 11) is 0. The first-order valence-electron chi connectivity index (χ1n) is 10.2. The molecule has 4 aliphatic rings. The number of H-pyrrole nitrogens is 1. The van der Waals surface area contributed by atoms with Crippen LogP contribution in [0.3, 0.4) is 0 Å². The van der Waals surface area contributed by atoms with Crippen molar-refractivity contribution in [1.29, 1.82) is 0 Å². The Balaban J connectivity index is 1.77. The van der Waals surface area contributed by atoms with Gasteiger partial charge in [-0.3, -0.25) is 9.59 Å². The molecule has 0 aromatic carbocycles. The summed E-state index contributed by atoms with van der Waals surface area (Å²) in [5.41, 5.74) is 2.00. The highest BCUT2D eigenvalue weighted by Crippen LogP contribution is 2.34. The number of Topliss-reactive ketones (excluding diaryl/α,β-unsaturated/α-hetero) is 2. The molecule has 0 fully saturated rings. The third-order valence-electron chi connectivity index (χ3n) is 5.34. The predicted molar refractivity (Wildman–Crippen MR) is 117 cm³/mol. The van der Waals surface area contributed by atoms with Crippen LogP contribution < -0.4 is 16.0 Å². The van der Waals surface area contributed by atoms with E-state index in [-0.39, 0.29) is 17.1 Å². The van der Waals surface area contributed by atoms with Gasteiger partial charge in [-0.1, -0.05) is 0 Å². The molecule has 0 saturated carbocycles. The van der Waals surface area contributed by atoms with E-state index in [9.17, 15) is 9.59 Å². The minimum atomic E-state index is -1.39. The van der Waals surface area contributed by atoms with Gasteiger partial charge in [0.1, 0.15) is 5.54 Å². The molecule has 148 valence electrons. The molecule has 5 rings (SSSR count). The van der Waals surface area contributed by atoms with Crippen molar-refractivity contribution >= 4 is 35.1 Å². The molecular weight excluding hydrogens is 376 g/mol. The van der Waals surface area contributed by atoms with Gasteiger partial charge in [-0.05, 0) is 74.6 Å². The number of carbonyl (C=O) groups is 2. The van der Waals surface area contributed by atoms with E-state index in [1.54, 1.807) is 18.2 Å². The second-order valence-corrected chi connectivity index (χ2v) is 7.61. The summed E-state index contributed by atoms with van der Waals surface area (Å²) >= 11 is 0. The van der Waals surface area contributed by atoms with Gasteiger partial charge in [-0.25, -0.2) is 9.98 Å².